The molecule has 4 N–H and O–H groups in total. The fourth-order valence-corrected chi connectivity index (χ4v) is 3.95. The van der Waals surface area contributed by atoms with Crippen molar-refractivity contribution >= 4 is 5.97 Å². The zero-order chi connectivity index (χ0) is 18.2. The number of carbonyl (C=O) groups is 1. The molecule has 0 bridgehead atoms. The van der Waals surface area contributed by atoms with Gasteiger partial charge in [0.15, 0.2) is 6.29 Å². The minimum absolute atomic E-state index is 0.408. The molecule has 7 nitrogen and oxygen atoms in total. The Morgan fingerprint density at radius 1 is 1.16 bits per heavy atom. The van der Waals surface area contributed by atoms with Gasteiger partial charge >= 0.3 is 5.97 Å². The summed E-state index contributed by atoms with van der Waals surface area (Å²) < 4.78 is 10.6. The summed E-state index contributed by atoms with van der Waals surface area (Å²) in [6, 6.07) is 5.05. The fourth-order valence-electron chi connectivity index (χ4n) is 3.95. The van der Waals surface area contributed by atoms with Crippen LogP contribution in [0.5, 0.6) is 5.75 Å². The summed E-state index contributed by atoms with van der Waals surface area (Å²) in [5.41, 5.74) is 0.0801. The van der Waals surface area contributed by atoms with Gasteiger partial charge in [-0.2, -0.15) is 0 Å². The van der Waals surface area contributed by atoms with E-state index in [9.17, 15) is 25.2 Å². The molecule has 3 rings (SSSR count). The Morgan fingerprint density at radius 2 is 1.84 bits per heavy atom. The Hall–Kier alpha value is -1.67. The SMILES string of the molecule is COc1ccc(C2(C(=O)O)CCCCC2)cc1C1OC(O)C(O)C1O. The Balaban J connectivity index is 2.04. The van der Waals surface area contributed by atoms with Crippen LogP contribution in [0.2, 0.25) is 0 Å². The molecule has 4 atom stereocenters. The van der Waals surface area contributed by atoms with Crippen LogP contribution in [0.3, 0.4) is 0 Å². The molecule has 0 aromatic heterocycles. The van der Waals surface area contributed by atoms with Crippen LogP contribution in [-0.4, -0.2) is 52.0 Å². The monoisotopic (exact) mass is 352 g/mol. The van der Waals surface area contributed by atoms with Crippen molar-refractivity contribution in [2.45, 2.75) is 62.1 Å². The largest absolute Gasteiger partial charge is 0.496 e. The molecule has 1 aliphatic carbocycles. The van der Waals surface area contributed by atoms with E-state index in [-0.39, 0.29) is 0 Å². The highest BCUT2D eigenvalue weighted by molar-refractivity contribution is 5.81. The van der Waals surface area contributed by atoms with E-state index in [1.165, 1.54) is 7.11 Å². The summed E-state index contributed by atoms with van der Waals surface area (Å²) in [6.07, 6.45) is -1.46. The van der Waals surface area contributed by atoms with Gasteiger partial charge in [-0.05, 0) is 30.5 Å². The van der Waals surface area contributed by atoms with E-state index in [4.69, 9.17) is 9.47 Å². The molecule has 1 saturated heterocycles. The van der Waals surface area contributed by atoms with Crippen LogP contribution in [0.25, 0.3) is 0 Å². The van der Waals surface area contributed by atoms with E-state index in [1.54, 1.807) is 18.2 Å². The molecule has 138 valence electrons. The minimum Gasteiger partial charge on any atom is -0.496 e. The van der Waals surface area contributed by atoms with Crippen LogP contribution in [-0.2, 0) is 14.9 Å². The van der Waals surface area contributed by atoms with Gasteiger partial charge in [-0.1, -0.05) is 25.3 Å². The van der Waals surface area contributed by atoms with Crippen molar-refractivity contribution in [2.24, 2.45) is 0 Å². The lowest BCUT2D eigenvalue weighted by atomic mass is 9.69. The summed E-state index contributed by atoms with van der Waals surface area (Å²) in [6.45, 7) is 0. The van der Waals surface area contributed by atoms with Crippen molar-refractivity contribution in [1.29, 1.82) is 0 Å². The lowest BCUT2D eigenvalue weighted by molar-refractivity contribution is -0.145. The highest BCUT2D eigenvalue weighted by Gasteiger charge is 2.46. The average Bonchev–Trinajstić information content (AvgIpc) is 2.89. The van der Waals surface area contributed by atoms with Gasteiger partial charge in [0.05, 0.1) is 12.5 Å². The normalized spacial score (nSPS) is 31.7. The first-order valence-corrected chi connectivity index (χ1v) is 8.52. The van der Waals surface area contributed by atoms with Crippen LogP contribution in [0.15, 0.2) is 18.2 Å². The topological polar surface area (TPSA) is 116 Å². The molecule has 1 heterocycles. The molecule has 1 aromatic rings. The lowest BCUT2D eigenvalue weighted by Gasteiger charge is -2.34. The van der Waals surface area contributed by atoms with Crippen LogP contribution >= 0.6 is 0 Å². The summed E-state index contributed by atoms with van der Waals surface area (Å²) in [5.74, 6) is -0.457. The number of aliphatic hydroxyl groups is 3. The predicted molar refractivity (Wildman–Crippen MR) is 87.2 cm³/mol. The summed E-state index contributed by atoms with van der Waals surface area (Å²) in [5, 5.41) is 39.4. The molecule has 2 fully saturated rings. The third kappa shape index (κ3) is 3.01. The molecule has 25 heavy (non-hydrogen) atoms. The van der Waals surface area contributed by atoms with Gasteiger partial charge in [-0.3, -0.25) is 4.79 Å². The van der Waals surface area contributed by atoms with Gasteiger partial charge in [0.2, 0.25) is 0 Å². The minimum atomic E-state index is -1.50. The molecule has 0 radical (unpaired) electrons. The first kappa shape index (κ1) is 18.1. The molecule has 0 amide bonds. The van der Waals surface area contributed by atoms with Gasteiger partial charge in [-0.25, -0.2) is 0 Å². The number of hydrogen-bond acceptors (Lipinski definition) is 6. The highest BCUT2D eigenvalue weighted by atomic mass is 16.6. The second-order valence-corrected chi connectivity index (χ2v) is 6.83. The maximum absolute atomic E-state index is 12.0. The Kier molecular flexibility index (Phi) is 5.02. The van der Waals surface area contributed by atoms with E-state index in [1.807, 2.05) is 0 Å². The Morgan fingerprint density at radius 3 is 2.36 bits per heavy atom. The molecule has 2 aliphatic rings. The van der Waals surface area contributed by atoms with Crippen molar-refractivity contribution in [3.8, 4) is 5.75 Å². The molecular weight excluding hydrogens is 328 g/mol. The van der Waals surface area contributed by atoms with Gasteiger partial charge in [0.1, 0.15) is 24.1 Å². The smallest absolute Gasteiger partial charge is 0.314 e. The zero-order valence-corrected chi connectivity index (χ0v) is 14.1. The first-order valence-electron chi connectivity index (χ1n) is 8.52. The van der Waals surface area contributed by atoms with E-state index in [2.05, 4.69) is 0 Å². The summed E-state index contributed by atoms with van der Waals surface area (Å²) >= 11 is 0. The third-order valence-corrected chi connectivity index (χ3v) is 5.44. The predicted octanol–water partition coefficient (Wildman–Crippen LogP) is 1.09. The number of carboxylic acids is 1. The molecule has 7 heteroatoms. The van der Waals surface area contributed by atoms with E-state index >= 15 is 0 Å². The molecule has 1 aliphatic heterocycles. The maximum atomic E-state index is 12.0. The maximum Gasteiger partial charge on any atom is 0.314 e. The van der Waals surface area contributed by atoms with Crippen LogP contribution in [0, 0.1) is 0 Å². The van der Waals surface area contributed by atoms with Gasteiger partial charge in [-0.15, -0.1) is 0 Å². The molecule has 4 unspecified atom stereocenters. The Bertz CT molecular complexity index is 638. The quantitative estimate of drug-likeness (QED) is 0.641. The van der Waals surface area contributed by atoms with Crippen molar-refractivity contribution in [2.75, 3.05) is 7.11 Å². The number of ether oxygens (including phenoxy) is 2. The van der Waals surface area contributed by atoms with Gasteiger partial charge in [0, 0.05) is 5.56 Å². The molecular formula is C18H24O7. The Labute approximate surface area is 145 Å². The van der Waals surface area contributed by atoms with E-state index in [0.717, 1.165) is 19.3 Å². The highest BCUT2D eigenvalue weighted by Crippen LogP contribution is 2.44. The van der Waals surface area contributed by atoms with Crippen LogP contribution in [0.1, 0.15) is 49.3 Å². The second-order valence-electron chi connectivity index (χ2n) is 6.83. The number of rotatable bonds is 4. The van der Waals surface area contributed by atoms with Gasteiger partial charge in [0.25, 0.3) is 0 Å². The number of hydrogen-bond donors (Lipinski definition) is 4. The number of aliphatic hydroxyl groups excluding tert-OH is 3. The van der Waals surface area contributed by atoms with Crippen molar-refractivity contribution in [1.82, 2.24) is 0 Å². The zero-order valence-electron chi connectivity index (χ0n) is 14.1. The summed E-state index contributed by atoms with van der Waals surface area (Å²) in [4.78, 5) is 12.0. The van der Waals surface area contributed by atoms with Gasteiger partial charge < -0.3 is 29.9 Å². The lowest BCUT2D eigenvalue weighted by Crippen LogP contribution is -2.38. The standard InChI is InChI=1S/C18H24O7/c1-24-12-6-5-10(18(17(22)23)7-3-2-4-8-18)9-11(12)15-13(19)14(20)16(21)25-15/h5-6,9,13-16,19-21H,2-4,7-8H2,1H3,(H,22,23). The van der Waals surface area contributed by atoms with Crippen molar-refractivity contribution in [3.05, 3.63) is 29.3 Å². The molecule has 1 aromatic carbocycles. The number of aliphatic carboxylic acids is 1. The number of carboxylic acid groups (broad SMARTS) is 1. The van der Waals surface area contributed by atoms with Crippen molar-refractivity contribution in [3.63, 3.8) is 0 Å². The molecule has 0 spiro atoms. The molecule has 1 saturated carbocycles. The number of methoxy groups -OCH3 is 1. The van der Waals surface area contributed by atoms with Crippen LogP contribution in [0.4, 0.5) is 0 Å². The third-order valence-electron chi connectivity index (χ3n) is 5.44. The van der Waals surface area contributed by atoms with E-state index < -0.39 is 36.0 Å². The van der Waals surface area contributed by atoms with Crippen LogP contribution < -0.4 is 4.74 Å². The van der Waals surface area contributed by atoms with E-state index in [0.29, 0.717) is 29.7 Å². The van der Waals surface area contributed by atoms with Crippen molar-refractivity contribution < 1.29 is 34.7 Å². The average molecular weight is 352 g/mol. The second kappa shape index (κ2) is 6.92. The number of benzene rings is 1. The first-order chi connectivity index (χ1) is 11.9. The summed E-state index contributed by atoms with van der Waals surface area (Å²) in [7, 11) is 1.46. The fraction of sp³-hybridized carbons (Fsp3) is 0.611.